The zero-order chi connectivity index (χ0) is 56.1. The molecule has 22 nitrogen and oxygen atoms in total. The molecule has 22 heteroatoms. The summed E-state index contributed by atoms with van der Waals surface area (Å²) in [5.74, 6) is -0.121. The molecule has 1 spiro atoms. The van der Waals surface area contributed by atoms with Gasteiger partial charge in [-0.25, -0.2) is 0 Å². The Morgan fingerprint density at radius 2 is 1.40 bits per heavy atom. The molecule has 0 aromatic rings. The van der Waals surface area contributed by atoms with Crippen molar-refractivity contribution in [2.75, 3.05) is 26.9 Å². The van der Waals surface area contributed by atoms with Gasteiger partial charge in [0.05, 0.1) is 43.4 Å². The van der Waals surface area contributed by atoms with Gasteiger partial charge < -0.3 is 98.1 Å². The lowest BCUT2D eigenvalue weighted by Crippen LogP contribution is -2.66. The first-order chi connectivity index (χ1) is 36.2. The average molecular weight is 1100 g/mol. The van der Waals surface area contributed by atoms with E-state index in [1.807, 2.05) is 6.92 Å². The number of carbonyl (C=O) groups excluding carboxylic acids is 2. The Morgan fingerprint density at radius 3 is 2.08 bits per heavy atom. The molecule has 9 N–H and O–H groups in total. The summed E-state index contributed by atoms with van der Waals surface area (Å²) in [6.45, 7) is 16.9. The zero-order valence-corrected chi connectivity index (χ0v) is 46.3. The van der Waals surface area contributed by atoms with Crippen LogP contribution < -0.4 is 0 Å². The smallest absolute Gasteiger partial charge is 0.314 e. The Morgan fingerprint density at radius 1 is 0.753 bits per heavy atom. The van der Waals surface area contributed by atoms with Crippen LogP contribution in [0.15, 0.2) is 11.6 Å². The molecule has 3 saturated carbocycles. The largest absolute Gasteiger partial charge is 0.462 e. The molecule has 0 radical (unpaired) electrons. The van der Waals surface area contributed by atoms with E-state index in [2.05, 4.69) is 47.6 Å². The zero-order valence-electron chi connectivity index (χ0n) is 46.3. The highest BCUT2D eigenvalue weighted by molar-refractivity contribution is 5.84. The van der Waals surface area contributed by atoms with Crippen molar-refractivity contribution in [3.05, 3.63) is 11.6 Å². The molecule has 0 unspecified atom stereocenters. The molecule has 0 aromatic carbocycles. The maximum absolute atomic E-state index is 14.6. The number of rotatable bonds is 15. The number of carbonyl (C=O) groups is 2. The molecule has 440 valence electrons. The van der Waals surface area contributed by atoms with Gasteiger partial charge >= 0.3 is 11.9 Å². The number of hydrogen-bond acceptors (Lipinski definition) is 22. The monoisotopic (exact) mass is 1100 g/mol. The van der Waals surface area contributed by atoms with Crippen molar-refractivity contribution >= 4 is 11.9 Å². The standard InChI is InChI=1S/C55H88O22/c1-24(2)12-11-17-54(9)45-31(71-26(4)57)20-53(8)28-13-14-33-51(5,6)34(16-18-52(33,7)27(28)15-19-55(45,53)50(66)77-54)73-49-44(35(60)29(58)22-69-49)76-47-38(63)37(62)41(25(3)70-47)74-48-40(65)43(36(61)32(21-56)72-48)75-46-39(64)42(67-10)30(59)23-68-46/h13,24-25,27,29-49,56,58-65H,11-12,14-23H2,1-10H3/t25-,27+,29-,30-,31+,32-,33+,34+,35+,36-,37-,38-,39-,40-,41-,42+,43+,44-,45-,46+,47+,48+,49+,52-,53+,54+,55-/m1/s1. The predicted molar refractivity (Wildman–Crippen MR) is 265 cm³/mol. The first-order valence-corrected chi connectivity index (χ1v) is 28.0. The van der Waals surface area contributed by atoms with Gasteiger partial charge in [0, 0.05) is 19.4 Å². The third-order valence-electron chi connectivity index (χ3n) is 20.2. The Labute approximate surface area is 450 Å². The maximum Gasteiger partial charge on any atom is 0.314 e. The number of ether oxygens (including phenoxy) is 11. The molecule has 77 heavy (non-hydrogen) atoms. The third kappa shape index (κ3) is 10.1. The highest BCUT2D eigenvalue weighted by atomic mass is 16.8. The molecule has 0 amide bonds. The van der Waals surface area contributed by atoms with E-state index in [4.69, 9.17) is 52.1 Å². The minimum atomic E-state index is -1.87. The van der Waals surface area contributed by atoms with Gasteiger partial charge in [0.15, 0.2) is 25.2 Å². The number of fused-ring (bicyclic) bond motifs is 4. The molecule has 9 rings (SSSR count). The second-order valence-corrected chi connectivity index (χ2v) is 25.6. The Hall–Kier alpha value is -2.04. The molecule has 0 aromatic heterocycles. The number of hydrogen-bond donors (Lipinski definition) is 9. The molecule has 5 saturated heterocycles. The summed E-state index contributed by atoms with van der Waals surface area (Å²) in [6, 6.07) is 0. The average Bonchev–Trinajstić information content (AvgIpc) is 3.85. The van der Waals surface area contributed by atoms with Crippen LogP contribution in [0.3, 0.4) is 0 Å². The molecule has 5 heterocycles. The summed E-state index contributed by atoms with van der Waals surface area (Å²) >= 11 is 0. The lowest BCUT2D eigenvalue weighted by atomic mass is 9.41. The van der Waals surface area contributed by atoms with Gasteiger partial charge in [-0.1, -0.05) is 59.6 Å². The van der Waals surface area contributed by atoms with Gasteiger partial charge in [-0.2, -0.15) is 0 Å². The predicted octanol–water partition coefficient (Wildman–Crippen LogP) is 0.873. The summed E-state index contributed by atoms with van der Waals surface area (Å²) in [6.07, 6.45) is -19.2. The molecule has 0 bridgehead atoms. The summed E-state index contributed by atoms with van der Waals surface area (Å²) in [4.78, 5) is 27.4. The van der Waals surface area contributed by atoms with Crippen molar-refractivity contribution in [1.82, 2.24) is 0 Å². The van der Waals surface area contributed by atoms with E-state index in [0.29, 0.717) is 38.0 Å². The highest BCUT2D eigenvalue weighted by Crippen LogP contribution is 2.77. The fourth-order valence-corrected chi connectivity index (χ4v) is 16.3. The Bertz CT molecular complexity index is 2130. The second-order valence-electron chi connectivity index (χ2n) is 25.6. The molecular formula is C55H88O22. The summed E-state index contributed by atoms with van der Waals surface area (Å²) in [7, 11) is 1.27. The molecular weight excluding hydrogens is 1010 g/mol. The fraction of sp³-hybridized carbons (Fsp3) is 0.927. The van der Waals surface area contributed by atoms with Crippen LogP contribution in [0, 0.1) is 45.3 Å². The van der Waals surface area contributed by atoms with E-state index in [9.17, 15) is 55.5 Å². The molecule has 5 aliphatic heterocycles. The van der Waals surface area contributed by atoms with Crippen molar-refractivity contribution in [3.63, 3.8) is 0 Å². The van der Waals surface area contributed by atoms with Gasteiger partial charge in [-0.05, 0) is 93.8 Å². The summed E-state index contributed by atoms with van der Waals surface area (Å²) < 4.78 is 66.1. The van der Waals surface area contributed by atoms with Crippen LogP contribution in [0.5, 0.6) is 0 Å². The van der Waals surface area contributed by atoms with Gasteiger partial charge in [0.2, 0.25) is 0 Å². The van der Waals surface area contributed by atoms with Crippen LogP contribution in [0.4, 0.5) is 0 Å². The van der Waals surface area contributed by atoms with Crippen LogP contribution in [-0.4, -0.2) is 213 Å². The number of esters is 2. The maximum atomic E-state index is 14.6. The molecule has 9 aliphatic rings. The number of allylic oxidation sites excluding steroid dienone is 2. The van der Waals surface area contributed by atoms with Gasteiger partial charge in [0.25, 0.3) is 0 Å². The number of aliphatic hydroxyl groups is 9. The lowest BCUT2D eigenvalue weighted by molar-refractivity contribution is -0.387. The lowest BCUT2D eigenvalue weighted by Gasteiger charge is -2.63. The van der Waals surface area contributed by atoms with E-state index in [-0.39, 0.29) is 48.3 Å². The van der Waals surface area contributed by atoms with Crippen molar-refractivity contribution in [1.29, 1.82) is 0 Å². The first-order valence-electron chi connectivity index (χ1n) is 28.0. The van der Waals surface area contributed by atoms with E-state index < -0.39 is 151 Å². The van der Waals surface area contributed by atoms with Gasteiger partial charge in [-0.3, -0.25) is 9.59 Å². The number of cyclic esters (lactones) is 1. The number of aliphatic hydroxyl groups excluding tert-OH is 9. The van der Waals surface area contributed by atoms with Crippen LogP contribution >= 0.6 is 0 Å². The Kier molecular flexibility index (Phi) is 17.2. The minimum Gasteiger partial charge on any atom is -0.462 e. The Balaban J connectivity index is 0.884. The topological polar surface area (TPSA) is 318 Å². The van der Waals surface area contributed by atoms with Crippen molar-refractivity contribution in [2.45, 2.75) is 249 Å². The van der Waals surface area contributed by atoms with Gasteiger partial charge in [-0.15, -0.1) is 0 Å². The quantitative estimate of drug-likeness (QED) is 0.0812. The highest BCUT2D eigenvalue weighted by Gasteiger charge is 2.79. The van der Waals surface area contributed by atoms with Crippen LogP contribution in [0.2, 0.25) is 0 Å². The summed E-state index contributed by atoms with van der Waals surface area (Å²) in [5, 5.41) is 99.1. The number of methoxy groups -OCH3 is 1. The van der Waals surface area contributed by atoms with E-state index in [0.717, 1.165) is 25.7 Å². The van der Waals surface area contributed by atoms with E-state index in [1.165, 1.54) is 26.5 Å². The van der Waals surface area contributed by atoms with E-state index >= 15 is 0 Å². The van der Waals surface area contributed by atoms with Crippen LogP contribution in [0.1, 0.15) is 120 Å². The van der Waals surface area contributed by atoms with Crippen molar-refractivity contribution in [3.8, 4) is 0 Å². The third-order valence-corrected chi connectivity index (χ3v) is 20.2. The molecule has 4 aliphatic carbocycles. The first kappa shape index (κ1) is 59.6. The molecule has 27 atom stereocenters. The van der Waals surface area contributed by atoms with Gasteiger partial charge in [0.1, 0.15) is 91.1 Å². The van der Waals surface area contributed by atoms with Crippen LogP contribution in [0.25, 0.3) is 0 Å². The van der Waals surface area contributed by atoms with Crippen molar-refractivity contribution in [2.24, 2.45) is 45.3 Å². The SMILES string of the molecule is CO[C@@H]1[C@@H](O)[C@H](O[C@@H]2[C@@H](O)[C@H](O[C@H]3[C@H](O)[C@@H](O)[C@H](O[C@H]4[C@H](O[C@H]5CC[C@]6(C)[C@H]7CC[C@]89C(=O)O[C@@](C)(CCCC(C)C)[C@H]8[C@@H](OC(C)=O)C[C@@]9(C)C7=CC[C@H]6C5(C)C)OC[C@@H](O)[C@@H]4O)O[C@@H]3C)O[C@H](CO)[C@H]2O)OC[C@H]1O. The minimum absolute atomic E-state index is 0.0852. The summed E-state index contributed by atoms with van der Waals surface area (Å²) in [5.41, 5.74) is -1.70. The van der Waals surface area contributed by atoms with E-state index in [1.54, 1.807) is 0 Å². The molecule has 8 fully saturated rings. The normalized spacial score (nSPS) is 51.5. The van der Waals surface area contributed by atoms with Crippen molar-refractivity contribution < 1.29 is 108 Å². The second kappa shape index (κ2) is 22.3. The van der Waals surface area contributed by atoms with Crippen LogP contribution in [-0.2, 0) is 61.7 Å². The fourth-order valence-electron chi connectivity index (χ4n) is 16.3.